The normalized spacial score (nSPS) is 23.2. The Hall–Kier alpha value is -0.800. The number of piperidine rings is 1. The summed E-state index contributed by atoms with van der Waals surface area (Å²) in [4.78, 5) is 13.7. The molecule has 2 aliphatic heterocycles. The lowest BCUT2D eigenvalue weighted by atomic mass is 9.97. The van der Waals surface area contributed by atoms with Crippen LogP contribution in [0.2, 0.25) is 5.02 Å². The van der Waals surface area contributed by atoms with E-state index in [1.54, 1.807) is 6.20 Å². The van der Waals surface area contributed by atoms with Gasteiger partial charge in [0.15, 0.2) is 5.96 Å². The van der Waals surface area contributed by atoms with E-state index in [9.17, 15) is 0 Å². The van der Waals surface area contributed by atoms with Gasteiger partial charge in [0.25, 0.3) is 0 Å². The van der Waals surface area contributed by atoms with Gasteiger partial charge in [-0.3, -0.25) is 4.99 Å². The molecule has 2 aliphatic rings. The second kappa shape index (κ2) is 12.2. The fourth-order valence-corrected chi connectivity index (χ4v) is 4.55. The van der Waals surface area contributed by atoms with Crippen LogP contribution in [-0.4, -0.2) is 68.2 Å². The molecule has 0 radical (unpaired) electrons. The minimum Gasteiger partial charge on any atom is -0.356 e. The van der Waals surface area contributed by atoms with Gasteiger partial charge in [0, 0.05) is 52.0 Å². The summed E-state index contributed by atoms with van der Waals surface area (Å²) in [5.41, 5.74) is 0. The summed E-state index contributed by atoms with van der Waals surface area (Å²) >= 11 is 6.30. The highest BCUT2D eigenvalue weighted by Crippen LogP contribution is 2.25. The number of anilines is 1. The van der Waals surface area contributed by atoms with Gasteiger partial charge in [-0.05, 0) is 49.8 Å². The van der Waals surface area contributed by atoms with Crippen LogP contribution in [-0.2, 0) is 0 Å². The Bertz CT molecular complexity index is 656. The van der Waals surface area contributed by atoms with Crippen LogP contribution in [0.5, 0.6) is 0 Å². The third kappa shape index (κ3) is 7.43. The van der Waals surface area contributed by atoms with E-state index < -0.39 is 0 Å². The van der Waals surface area contributed by atoms with Crippen molar-refractivity contribution < 1.29 is 0 Å². The Morgan fingerprint density at radius 2 is 2.14 bits per heavy atom. The molecule has 2 saturated heterocycles. The van der Waals surface area contributed by atoms with E-state index in [0.717, 1.165) is 43.8 Å². The molecule has 3 rings (SSSR count). The number of hydrogen-bond donors (Lipinski definition) is 2. The van der Waals surface area contributed by atoms with Gasteiger partial charge in [-0.15, -0.1) is 24.0 Å². The van der Waals surface area contributed by atoms with Crippen molar-refractivity contribution in [3.8, 4) is 0 Å². The van der Waals surface area contributed by atoms with E-state index >= 15 is 0 Å². The number of aliphatic imine (C=N–C) groups is 1. The SMILES string of the molecule is CN=C(NCC1CCCN(CC(C)C)C1)NC1CCN(c2ncccc2Cl)C1.I. The number of hydrogen-bond acceptors (Lipinski definition) is 4. The predicted molar refractivity (Wildman–Crippen MR) is 134 cm³/mol. The zero-order valence-corrected chi connectivity index (χ0v) is 21.0. The summed E-state index contributed by atoms with van der Waals surface area (Å²) in [5.74, 6) is 3.21. The van der Waals surface area contributed by atoms with Gasteiger partial charge in [-0.25, -0.2) is 4.98 Å². The first kappa shape index (κ1) is 24.5. The highest BCUT2D eigenvalue weighted by molar-refractivity contribution is 14.0. The predicted octanol–water partition coefficient (Wildman–Crippen LogP) is 3.46. The molecule has 3 heterocycles. The molecule has 0 bridgehead atoms. The third-order valence-corrected chi connectivity index (χ3v) is 5.87. The molecule has 6 nitrogen and oxygen atoms in total. The summed E-state index contributed by atoms with van der Waals surface area (Å²) in [6, 6.07) is 4.13. The quantitative estimate of drug-likeness (QED) is 0.333. The lowest BCUT2D eigenvalue weighted by Crippen LogP contribution is -2.48. The van der Waals surface area contributed by atoms with E-state index in [1.165, 1.54) is 32.5 Å². The van der Waals surface area contributed by atoms with E-state index in [4.69, 9.17) is 11.6 Å². The van der Waals surface area contributed by atoms with Crippen molar-refractivity contribution in [2.75, 3.05) is 51.2 Å². The molecule has 2 unspecified atom stereocenters. The van der Waals surface area contributed by atoms with E-state index in [2.05, 4.69) is 44.3 Å². The van der Waals surface area contributed by atoms with Gasteiger partial charge in [0.2, 0.25) is 0 Å². The average Bonchev–Trinajstić information content (AvgIpc) is 3.13. The number of nitrogens with one attached hydrogen (secondary N) is 2. The number of pyridine rings is 1. The van der Waals surface area contributed by atoms with Gasteiger partial charge in [0.1, 0.15) is 5.82 Å². The van der Waals surface area contributed by atoms with Gasteiger partial charge in [0.05, 0.1) is 5.02 Å². The summed E-state index contributed by atoms with van der Waals surface area (Å²) in [6.07, 6.45) is 5.45. The lowest BCUT2D eigenvalue weighted by molar-refractivity contribution is 0.159. The average molecular weight is 535 g/mol. The van der Waals surface area contributed by atoms with Crippen LogP contribution in [0, 0.1) is 11.8 Å². The summed E-state index contributed by atoms with van der Waals surface area (Å²) in [7, 11) is 1.85. The molecule has 1 aromatic rings. The minimum absolute atomic E-state index is 0. The molecule has 29 heavy (non-hydrogen) atoms. The first-order valence-corrected chi connectivity index (χ1v) is 11.0. The van der Waals surface area contributed by atoms with Crippen molar-refractivity contribution >= 4 is 47.4 Å². The highest BCUT2D eigenvalue weighted by atomic mass is 127. The van der Waals surface area contributed by atoms with Crippen LogP contribution in [0.25, 0.3) is 0 Å². The maximum Gasteiger partial charge on any atom is 0.191 e. The Morgan fingerprint density at radius 1 is 1.31 bits per heavy atom. The van der Waals surface area contributed by atoms with Crippen molar-refractivity contribution in [1.82, 2.24) is 20.5 Å². The van der Waals surface area contributed by atoms with Gasteiger partial charge in [-0.1, -0.05) is 25.4 Å². The Kier molecular flexibility index (Phi) is 10.3. The second-order valence-corrected chi connectivity index (χ2v) is 8.91. The Labute approximate surface area is 197 Å². The molecular formula is C21H36ClIN6. The van der Waals surface area contributed by atoms with E-state index in [-0.39, 0.29) is 24.0 Å². The molecule has 2 fully saturated rings. The number of halogens is 2. The molecule has 2 atom stereocenters. The second-order valence-electron chi connectivity index (χ2n) is 8.50. The molecule has 0 amide bonds. The van der Waals surface area contributed by atoms with Crippen LogP contribution in [0.1, 0.15) is 33.1 Å². The fraction of sp³-hybridized carbons (Fsp3) is 0.714. The topological polar surface area (TPSA) is 55.8 Å². The zero-order chi connectivity index (χ0) is 19.9. The number of nitrogens with zero attached hydrogens (tertiary/aromatic N) is 4. The van der Waals surface area contributed by atoms with Crippen molar-refractivity contribution in [2.45, 2.75) is 39.2 Å². The number of rotatable bonds is 6. The lowest BCUT2D eigenvalue weighted by Gasteiger charge is -2.34. The summed E-state index contributed by atoms with van der Waals surface area (Å²) in [5, 5.41) is 7.86. The fourth-order valence-electron chi connectivity index (χ4n) is 4.31. The molecule has 164 valence electrons. The molecular weight excluding hydrogens is 499 g/mol. The number of guanidine groups is 1. The molecule has 0 aliphatic carbocycles. The van der Waals surface area contributed by atoms with Gasteiger partial charge in [-0.2, -0.15) is 0 Å². The third-order valence-electron chi connectivity index (χ3n) is 5.58. The van der Waals surface area contributed by atoms with Crippen LogP contribution in [0.4, 0.5) is 5.82 Å². The first-order valence-electron chi connectivity index (χ1n) is 10.6. The highest BCUT2D eigenvalue weighted by Gasteiger charge is 2.26. The van der Waals surface area contributed by atoms with Crippen molar-refractivity contribution in [3.05, 3.63) is 23.4 Å². The van der Waals surface area contributed by atoms with E-state index in [1.807, 2.05) is 19.2 Å². The summed E-state index contributed by atoms with van der Waals surface area (Å²) in [6.45, 7) is 11.1. The molecule has 2 N–H and O–H groups in total. The van der Waals surface area contributed by atoms with Crippen LogP contribution in [0.3, 0.4) is 0 Å². The van der Waals surface area contributed by atoms with Crippen LogP contribution < -0.4 is 15.5 Å². The number of likely N-dealkylation sites (tertiary alicyclic amines) is 1. The summed E-state index contributed by atoms with van der Waals surface area (Å²) < 4.78 is 0. The van der Waals surface area contributed by atoms with Crippen LogP contribution in [0.15, 0.2) is 23.3 Å². The van der Waals surface area contributed by atoms with Crippen molar-refractivity contribution in [2.24, 2.45) is 16.8 Å². The number of aromatic nitrogens is 1. The molecule has 8 heteroatoms. The standard InChI is InChI=1S/C21H35ClN6.HI/c1-16(2)13-27-10-5-6-17(14-27)12-25-21(23-3)26-18-8-11-28(15-18)20-19(22)7-4-9-24-20;/h4,7,9,16-18H,5-6,8,10-15H2,1-3H3,(H2,23,25,26);1H. The Morgan fingerprint density at radius 3 is 2.86 bits per heavy atom. The maximum atomic E-state index is 6.30. The Balaban J connectivity index is 0.00000300. The largest absolute Gasteiger partial charge is 0.356 e. The van der Waals surface area contributed by atoms with Gasteiger partial charge < -0.3 is 20.4 Å². The van der Waals surface area contributed by atoms with Crippen molar-refractivity contribution in [3.63, 3.8) is 0 Å². The monoisotopic (exact) mass is 534 g/mol. The van der Waals surface area contributed by atoms with Crippen LogP contribution >= 0.6 is 35.6 Å². The molecule has 0 spiro atoms. The smallest absolute Gasteiger partial charge is 0.191 e. The maximum absolute atomic E-state index is 6.30. The molecule has 0 aromatic carbocycles. The molecule has 0 saturated carbocycles. The molecule has 1 aromatic heterocycles. The first-order chi connectivity index (χ1) is 13.5. The van der Waals surface area contributed by atoms with Gasteiger partial charge >= 0.3 is 0 Å². The van der Waals surface area contributed by atoms with E-state index in [0.29, 0.717) is 17.0 Å². The minimum atomic E-state index is 0. The zero-order valence-electron chi connectivity index (χ0n) is 17.9. The van der Waals surface area contributed by atoms with Crippen molar-refractivity contribution in [1.29, 1.82) is 0 Å².